The highest BCUT2D eigenvalue weighted by Crippen LogP contribution is 2.34. The Morgan fingerprint density at radius 2 is 1.65 bits per heavy atom. The van der Waals surface area contributed by atoms with E-state index in [1.165, 1.54) is 0 Å². The SMILES string of the molecule is CC(C)(C)OC(=O)Nc1ccc(-c2cccs2)cc1NC(=O)c1ccc(NC2CCN(C(=O)C3(O)CCCC3)CC2)cc1. The number of likely N-dealkylation sites (tertiary alicyclic amines) is 1. The van der Waals surface area contributed by atoms with Gasteiger partial charge in [0.25, 0.3) is 11.8 Å². The minimum absolute atomic E-state index is 0.121. The lowest BCUT2D eigenvalue weighted by Gasteiger charge is -2.36. The molecule has 4 N–H and O–H groups in total. The molecule has 228 valence electrons. The maximum Gasteiger partial charge on any atom is 0.412 e. The van der Waals surface area contributed by atoms with Crippen LogP contribution in [0.1, 0.15) is 69.7 Å². The number of piperidine rings is 1. The molecule has 9 nitrogen and oxygen atoms in total. The molecule has 0 bridgehead atoms. The number of carbonyl (C=O) groups excluding carboxylic acids is 3. The summed E-state index contributed by atoms with van der Waals surface area (Å²) < 4.78 is 5.41. The van der Waals surface area contributed by atoms with E-state index >= 15 is 0 Å². The Morgan fingerprint density at radius 3 is 2.28 bits per heavy atom. The quantitative estimate of drug-likeness (QED) is 0.238. The summed E-state index contributed by atoms with van der Waals surface area (Å²) in [5.74, 6) is -0.428. The van der Waals surface area contributed by atoms with Crippen molar-refractivity contribution in [3.8, 4) is 10.4 Å². The van der Waals surface area contributed by atoms with Crippen LogP contribution in [0.25, 0.3) is 10.4 Å². The van der Waals surface area contributed by atoms with Gasteiger partial charge in [-0.2, -0.15) is 0 Å². The van der Waals surface area contributed by atoms with Crippen LogP contribution >= 0.6 is 11.3 Å². The average Bonchev–Trinajstić information content (AvgIpc) is 3.66. The van der Waals surface area contributed by atoms with Crippen molar-refractivity contribution in [1.29, 1.82) is 0 Å². The van der Waals surface area contributed by atoms with Crippen molar-refractivity contribution in [2.45, 2.75) is 76.5 Å². The molecular formula is C33H40N4O5S. The lowest BCUT2D eigenvalue weighted by molar-refractivity contribution is -0.151. The fraction of sp³-hybridized carbons (Fsp3) is 0.424. The number of anilines is 3. The predicted octanol–water partition coefficient (Wildman–Crippen LogP) is 6.72. The Balaban J connectivity index is 1.21. The number of amides is 3. The fourth-order valence-electron chi connectivity index (χ4n) is 5.61. The van der Waals surface area contributed by atoms with E-state index in [-0.39, 0.29) is 17.9 Å². The van der Waals surface area contributed by atoms with Gasteiger partial charge in [0.2, 0.25) is 0 Å². The summed E-state index contributed by atoms with van der Waals surface area (Å²) in [5.41, 5.74) is 1.35. The van der Waals surface area contributed by atoms with Crippen molar-refractivity contribution in [2.75, 3.05) is 29.0 Å². The summed E-state index contributed by atoms with van der Waals surface area (Å²) >= 11 is 1.59. The second kappa shape index (κ2) is 12.8. The molecule has 1 aliphatic heterocycles. The molecule has 2 fully saturated rings. The molecule has 1 saturated heterocycles. The number of hydrogen-bond donors (Lipinski definition) is 4. The van der Waals surface area contributed by atoms with E-state index in [1.807, 2.05) is 41.8 Å². The minimum atomic E-state index is -1.17. The molecule has 1 aromatic heterocycles. The summed E-state index contributed by atoms with van der Waals surface area (Å²) in [6, 6.07) is 16.9. The molecule has 0 spiro atoms. The van der Waals surface area contributed by atoms with Crippen LogP contribution in [-0.2, 0) is 9.53 Å². The van der Waals surface area contributed by atoms with Crippen LogP contribution in [-0.4, -0.2) is 58.2 Å². The highest BCUT2D eigenvalue weighted by molar-refractivity contribution is 7.13. The number of nitrogens with one attached hydrogen (secondary N) is 3. The second-order valence-electron chi connectivity index (χ2n) is 12.3. The Morgan fingerprint density at radius 1 is 0.953 bits per heavy atom. The number of aliphatic hydroxyl groups is 1. The highest BCUT2D eigenvalue weighted by Gasteiger charge is 2.42. The first-order valence-corrected chi connectivity index (χ1v) is 15.7. The van der Waals surface area contributed by atoms with Gasteiger partial charge in [-0.15, -0.1) is 11.3 Å². The molecule has 3 aromatic rings. The van der Waals surface area contributed by atoms with Crippen molar-refractivity contribution >= 4 is 46.3 Å². The van der Waals surface area contributed by atoms with Crippen LogP contribution in [0.5, 0.6) is 0 Å². The zero-order chi connectivity index (χ0) is 30.6. The third-order valence-corrected chi connectivity index (χ3v) is 8.76. The lowest BCUT2D eigenvalue weighted by atomic mass is 9.97. The first-order chi connectivity index (χ1) is 20.5. The number of hydrogen-bond acceptors (Lipinski definition) is 7. The van der Waals surface area contributed by atoms with E-state index in [2.05, 4.69) is 16.0 Å². The lowest BCUT2D eigenvalue weighted by Crippen LogP contribution is -2.51. The average molecular weight is 605 g/mol. The van der Waals surface area contributed by atoms with Gasteiger partial charge < -0.3 is 25.4 Å². The normalized spacial score (nSPS) is 16.9. The third-order valence-electron chi connectivity index (χ3n) is 7.84. The van der Waals surface area contributed by atoms with Gasteiger partial charge in [-0.05, 0) is 113 Å². The monoisotopic (exact) mass is 604 g/mol. The zero-order valence-electron chi connectivity index (χ0n) is 24.9. The molecule has 3 amide bonds. The molecule has 0 unspecified atom stereocenters. The van der Waals surface area contributed by atoms with E-state index in [4.69, 9.17) is 4.74 Å². The van der Waals surface area contributed by atoms with Gasteiger partial charge in [-0.3, -0.25) is 14.9 Å². The molecule has 10 heteroatoms. The largest absolute Gasteiger partial charge is 0.444 e. The van der Waals surface area contributed by atoms with Crippen molar-refractivity contribution in [3.63, 3.8) is 0 Å². The first kappa shape index (κ1) is 30.6. The minimum Gasteiger partial charge on any atom is -0.444 e. The number of thiophene rings is 1. The summed E-state index contributed by atoms with van der Waals surface area (Å²) in [4.78, 5) is 41.4. The van der Waals surface area contributed by atoms with Gasteiger partial charge in [0.15, 0.2) is 0 Å². The van der Waals surface area contributed by atoms with E-state index in [0.717, 1.165) is 41.8 Å². The van der Waals surface area contributed by atoms with Gasteiger partial charge in [0.1, 0.15) is 11.2 Å². The topological polar surface area (TPSA) is 120 Å². The maximum atomic E-state index is 13.3. The van der Waals surface area contributed by atoms with Crippen LogP contribution in [0.3, 0.4) is 0 Å². The molecule has 2 aliphatic rings. The molecule has 5 rings (SSSR count). The van der Waals surface area contributed by atoms with E-state index in [0.29, 0.717) is 42.9 Å². The summed E-state index contributed by atoms with van der Waals surface area (Å²) in [5, 5.41) is 21.9. The van der Waals surface area contributed by atoms with Crippen LogP contribution in [0.4, 0.5) is 21.9 Å². The molecule has 43 heavy (non-hydrogen) atoms. The van der Waals surface area contributed by atoms with Crippen LogP contribution in [0, 0.1) is 0 Å². The Bertz CT molecular complexity index is 1430. The third kappa shape index (κ3) is 7.74. The molecule has 2 heterocycles. The second-order valence-corrected chi connectivity index (χ2v) is 13.3. The van der Waals surface area contributed by atoms with E-state index in [9.17, 15) is 19.5 Å². The van der Waals surface area contributed by atoms with Crippen LogP contribution < -0.4 is 16.0 Å². The number of ether oxygens (including phenoxy) is 1. The Kier molecular flexibility index (Phi) is 9.08. The van der Waals surface area contributed by atoms with Gasteiger partial charge in [-0.1, -0.05) is 12.1 Å². The summed E-state index contributed by atoms with van der Waals surface area (Å²) in [6.07, 6.45) is 3.90. The van der Waals surface area contributed by atoms with Gasteiger partial charge in [0, 0.05) is 35.3 Å². The van der Waals surface area contributed by atoms with Crippen molar-refractivity contribution < 1.29 is 24.2 Å². The van der Waals surface area contributed by atoms with Crippen LogP contribution in [0.15, 0.2) is 60.0 Å². The number of nitrogens with zero attached hydrogens (tertiary/aromatic N) is 1. The zero-order valence-corrected chi connectivity index (χ0v) is 25.8. The molecule has 1 saturated carbocycles. The highest BCUT2D eigenvalue weighted by atomic mass is 32.1. The van der Waals surface area contributed by atoms with Gasteiger partial charge >= 0.3 is 6.09 Å². The number of carbonyl (C=O) groups is 3. The molecule has 2 aromatic carbocycles. The van der Waals surface area contributed by atoms with Crippen molar-refractivity contribution in [1.82, 2.24) is 4.90 Å². The van der Waals surface area contributed by atoms with E-state index in [1.54, 1.807) is 55.2 Å². The van der Waals surface area contributed by atoms with Gasteiger partial charge in [-0.25, -0.2) is 4.79 Å². The van der Waals surface area contributed by atoms with Crippen molar-refractivity contribution in [3.05, 3.63) is 65.5 Å². The molecular weight excluding hydrogens is 564 g/mol. The summed E-state index contributed by atoms with van der Waals surface area (Å²) in [7, 11) is 0. The fourth-order valence-corrected chi connectivity index (χ4v) is 6.33. The number of rotatable bonds is 7. The predicted molar refractivity (Wildman–Crippen MR) is 171 cm³/mol. The Labute approximate surface area is 256 Å². The molecule has 0 atom stereocenters. The Hall–Kier alpha value is -3.89. The van der Waals surface area contributed by atoms with Crippen LogP contribution in [0.2, 0.25) is 0 Å². The smallest absolute Gasteiger partial charge is 0.412 e. The molecule has 1 aliphatic carbocycles. The maximum absolute atomic E-state index is 13.3. The number of benzene rings is 2. The van der Waals surface area contributed by atoms with E-state index < -0.39 is 17.3 Å². The van der Waals surface area contributed by atoms with Crippen molar-refractivity contribution in [2.24, 2.45) is 0 Å². The van der Waals surface area contributed by atoms with Gasteiger partial charge in [0.05, 0.1) is 11.4 Å². The summed E-state index contributed by atoms with van der Waals surface area (Å²) in [6.45, 7) is 6.60. The molecule has 0 radical (unpaired) electrons. The first-order valence-electron chi connectivity index (χ1n) is 14.9. The standard InChI is InChI=1S/C33H40N4O5S/c1-32(2,3)42-31(40)36-26-13-10-23(28-7-6-20-43-28)21-27(26)35-29(38)22-8-11-24(12-9-22)34-25-14-18-37(19-15-25)30(39)33(41)16-4-5-17-33/h6-13,20-21,25,34,41H,4-5,14-19H2,1-3H3,(H,35,38)(H,36,40).